The number of nitrogens with zero attached hydrogens (tertiary/aromatic N) is 3. The topological polar surface area (TPSA) is 49.6 Å². The zero-order valence-corrected chi connectivity index (χ0v) is 15.4. The van der Waals surface area contributed by atoms with E-state index in [1.165, 1.54) is 12.8 Å². The lowest BCUT2D eigenvalue weighted by Crippen LogP contribution is -2.45. The van der Waals surface area contributed by atoms with E-state index in [1.54, 1.807) is 6.07 Å². The number of piperidine rings is 1. The lowest BCUT2D eigenvalue weighted by molar-refractivity contribution is 0.273. The molecule has 5 heteroatoms. The summed E-state index contributed by atoms with van der Waals surface area (Å²) in [6.45, 7) is 11.1. The van der Waals surface area contributed by atoms with Crippen molar-refractivity contribution in [3.05, 3.63) is 34.2 Å². The molecule has 0 amide bonds. The van der Waals surface area contributed by atoms with Crippen LogP contribution in [0.5, 0.6) is 0 Å². The zero-order valence-electron chi connectivity index (χ0n) is 15.4. The van der Waals surface area contributed by atoms with Crippen molar-refractivity contribution in [2.75, 3.05) is 26.2 Å². The van der Waals surface area contributed by atoms with Crippen LogP contribution in [0.3, 0.4) is 0 Å². The Morgan fingerprint density at radius 3 is 2.71 bits per heavy atom. The highest BCUT2D eigenvalue weighted by atomic mass is 16.1. The average Bonchev–Trinajstić information content (AvgIpc) is 2.57. The van der Waals surface area contributed by atoms with Gasteiger partial charge in [0.15, 0.2) is 5.96 Å². The number of aryl methyl sites for hydroxylation is 1. The van der Waals surface area contributed by atoms with E-state index >= 15 is 0 Å². The van der Waals surface area contributed by atoms with Crippen molar-refractivity contribution in [3.8, 4) is 0 Å². The number of aliphatic imine (C=N–C) groups is 1. The molecule has 1 aliphatic rings. The second-order valence-electron chi connectivity index (χ2n) is 6.77. The minimum atomic E-state index is 0.0919. The van der Waals surface area contributed by atoms with Crippen molar-refractivity contribution >= 4 is 5.96 Å². The second-order valence-corrected chi connectivity index (χ2v) is 6.77. The van der Waals surface area contributed by atoms with Crippen LogP contribution in [0.2, 0.25) is 0 Å². The molecule has 1 N–H and O–H groups in total. The van der Waals surface area contributed by atoms with Gasteiger partial charge < -0.3 is 14.8 Å². The molecule has 24 heavy (non-hydrogen) atoms. The Bertz CT molecular complexity index is 585. The summed E-state index contributed by atoms with van der Waals surface area (Å²) >= 11 is 0. The quantitative estimate of drug-likeness (QED) is 0.495. The molecule has 1 fully saturated rings. The molecule has 1 saturated heterocycles. The second kappa shape index (κ2) is 9.50. The van der Waals surface area contributed by atoms with Crippen molar-refractivity contribution in [1.82, 2.24) is 14.8 Å². The Morgan fingerprint density at radius 1 is 1.29 bits per heavy atom. The molecular weight excluding hydrogens is 300 g/mol. The number of nitrogens with one attached hydrogen (secondary N) is 1. The third-order valence-electron chi connectivity index (χ3n) is 4.74. The summed E-state index contributed by atoms with van der Waals surface area (Å²) in [4.78, 5) is 19.0. The van der Waals surface area contributed by atoms with Crippen molar-refractivity contribution < 1.29 is 0 Å². The van der Waals surface area contributed by atoms with E-state index in [4.69, 9.17) is 4.99 Å². The van der Waals surface area contributed by atoms with Gasteiger partial charge in [0.1, 0.15) is 0 Å². The molecule has 2 heterocycles. The molecular formula is C19H32N4O. The van der Waals surface area contributed by atoms with E-state index in [1.807, 2.05) is 23.6 Å². The van der Waals surface area contributed by atoms with Crippen LogP contribution < -0.4 is 10.9 Å². The van der Waals surface area contributed by atoms with E-state index in [2.05, 4.69) is 24.1 Å². The Kier molecular flexibility index (Phi) is 7.35. The minimum absolute atomic E-state index is 0.0919. The molecule has 0 spiro atoms. The van der Waals surface area contributed by atoms with E-state index < -0.39 is 0 Å². The number of hydrogen-bond donors (Lipinski definition) is 1. The van der Waals surface area contributed by atoms with Crippen LogP contribution >= 0.6 is 0 Å². The van der Waals surface area contributed by atoms with Crippen molar-refractivity contribution in [2.24, 2.45) is 10.9 Å². The van der Waals surface area contributed by atoms with Gasteiger partial charge >= 0.3 is 0 Å². The maximum Gasteiger partial charge on any atom is 0.250 e. The summed E-state index contributed by atoms with van der Waals surface area (Å²) < 4.78 is 1.85. The van der Waals surface area contributed by atoms with Gasteiger partial charge in [-0.15, -0.1) is 0 Å². The summed E-state index contributed by atoms with van der Waals surface area (Å²) in [6, 6.07) is 5.44. The number of hydrogen-bond acceptors (Lipinski definition) is 2. The first-order chi connectivity index (χ1) is 11.6. The van der Waals surface area contributed by atoms with Crippen LogP contribution in [0.4, 0.5) is 0 Å². The van der Waals surface area contributed by atoms with Gasteiger partial charge in [-0.2, -0.15) is 0 Å². The third kappa shape index (κ3) is 5.39. The zero-order chi connectivity index (χ0) is 17.4. The average molecular weight is 332 g/mol. The van der Waals surface area contributed by atoms with Crippen LogP contribution in [-0.2, 0) is 6.54 Å². The first-order valence-electron chi connectivity index (χ1n) is 9.31. The molecule has 0 radical (unpaired) electrons. The molecule has 1 aromatic heterocycles. The van der Waals surface area contributed by atoms with Gasteiger partial charge in [-0.05, 0) is 51.5 Å². The summed E-state index contributed by atoms with van der Waals surface area (Å²) in [6.07, 6.45) is 4.48. The third-order valence-corrected chi connectivity index (χ3v) is 4.74. The monoisotopic (exact) mass is 332 g/mol. The van der Waals surface area contributed by atoms with Crippen molar-refractivity contribution in [2.45, 2.75) is 53.0 Å². The van der Waals surface area contributed by atoms with Crippen LogP contribution in [0.15, 0.2) is 28.0 Å². The molecule has 2 rings (SSSR count). The molecule has 0 saturated carbocycles. The van der Waals surface area contributed by atoms with Gasteiger partial charge in [0.05, 0.1) is 0 Å². The maximum atomic E-state index is 11.8. The van der Waals surface area contributed by atoms with Crippen LogP contribution in [0, 0.1) is 12.8 Å². The molecule has 0 bridgehead atoms. The Labute approximate surface area is 145 Å². The SMILES string of the molecule is CCNC(=NCCCCn1c(C)cccc1=O)N1CCC(C)CC1. The summed E-state index contributed by atoms with van der Waals surface area (Å²) in [5.41, 5.74) is 1.12. The fourth-order valence-electron chi connectivity index (χ4n) is 3.12. The number of rotatable bonds is 6. The Morgan fingerprint density at radius 2 is 2.04 bits per heavy atom. The number of aromatic nitrogens is 1. The normalized spacial score (nSPS) is 16.5. The minimum Gasteiger partial charge on any atom is -0.357 e. The van der Waals surface area contributed by atoms with E-state index in [-0.39, 0.29) is 5.56 Å². The predicted molar refractivity (Wildman–Crippen MR) is 101 cm³/mol. The van der Waals surface area contributed by atoms with E-state index in [9.17, 15) is 4.79 Å². The lowest BCUT2D eigenvalue weighted by Gasteiger charge is -2.33. The Balaban J connectivity index is 1.81. The number of pyridine rings is 1. The lowest BCUT2D eigenvalue weighted by atomic mass is 10.00. The first kappa shape index (κ1) is 18.6. The summed E-state index contributed by atoms with van der Waals surface area (Å²) in [7, 11) is 0. The fourth-order valence-corrected chi connectivity index (χ4v) is 3.12. The highest BCUT2D eigenvalue weighted by Gasteiger charge is 2.18. The highest BCUT2D eigenvalue weighted by molar-refractivity contribution is 5.80. The molecule has 0 aliphatic carbocycles. The van der Waals surface area contributed by atoms with Gasteiger partial charge in [-0.1, -0.05) is 13.0 Å². The van der Waals surface area contributed by atoms with Crippen LogP contribution in [-0.4, -0.2) is 41.6 Å². The van der Waals surface area contributed by atoms with Crippen molar-refractivity contribution in [3.63, 3.8) is 0 Å². The molecule has 0 atom stereocenters. The van der Waals surface area contributed by atoms with Crippen molar-refractivity contribution in [1.29, 1.82) is 0 Å². The van der Waals surface area contributed by atoms with E-state index in [0.717, 1.165) is 63.1 Å². The van der Waals surface area contributed by atoms with E-state index in [0.29, 0.717) is 0 Å². The molecule has 134 valence electrons. The van der Waals surface area contributed by atoms with Gasteiger partial charge in [0.25, 0.3) is 5.56 Å². The smallest absolute Gasteiger partial charge is 0.250 e. The highest BCUT2D eigenvalue weighted by Crippen LogP contribution is 2.15. The molecule has 1 aliphatic heterocycles. The van der Waals surface area contributed by atoms with Gasteiger partial charge in [-0.25, -0.2) is 0 Å². The molecule has 1 aromatic rings. The fraction of sp³-hybridized carbons (Fsp3) is 0.684. The van der Waals surface area contributed by atoms with Gasteiger partial charge in [0, 0.05) is 44.5 Å². The Hall–Kier alpha value is -1.78. The molecule has 0 unspecified atom stereocenters. The largest absolute Gasteiger partial charge is 0.357 e. The predicted octanol–water partition coefficient (Wildman–Crippen LogP) is 2.63. The number of guanidine groups is 1. The van der Waals surface area contributed by atoms with Crippen LogP contribution in [0.25, 0.3) is 0 Å². The molecule has 5 nitrogen and oxygen atoms in total. The standard InChI is InChI=1S/C19H32N4O/c1-4-20-19(22-14-10-16(2)11-15-22)21-12-5-6-13-23-17(3)8-7-9-18(23)24/h7-9,16H,4-6,10-15H2,1-3H3,(H,20,21). The maximum absolute atomic E-state index is 11.8. The first-order valence-corrected chi connectivity index (χ1v) is 9.31. The van der Waals surface area contributed by atoms with Crippen LogP contribution in [0.1, 0.15) is 45.2 Å². The van der Waals surface area contributed by atoms with Gasteiger partial charge in [-0.3, -0.25) is 9.79 Å². The van der Waals surface area contributed by atoms with Gasteiger partial charge in [0.2, 0.25) is 0 Å². The number of likely N-dealkylation sites (tertiary alicyclic amines) is 1. The molecule has 0 aromatic carbocycles. The summed E-state index contributed by atoms with van der Waals surface area (Å²) in [5.74, 6) is 1.88. The number of unbranched alkanes of at least 4 members (excludes halogenated alkanes) is 1. The summed E-state index contributed by atoms with van der Waals surface area (Å²) in [5, 5.41) is 3.41.